The van der Waals surface area contributed by atoms with E-state index < -0.39 is 5.92 Å². The lowest BCUT2D eigenvalue weighted by molar-refractivity contribution is 0.306. The molecule has 0 amide bonds. The minimum absolute atomic E-state index is 0.0590. The van der Waals surface area contributed by atoms with Crippen LogP contribution in [0.4, 0.5) is 0 Å². The number of nitrogens with one attached hydrogen (secondary N) is 1. The fraction of sp³-hybridized carbons (Fsp3) is 0.217. The van der Waals surface area contributed by atoms with E-state index in [1.807, 2.05) is 24.3 Å². The van der Waals surface area contributed by atoms with Gasteiger partial charge in [-0.15, -0.1) is 5.10 Å². The highest BCUT2D eigenvalue weighted by molar-refractivity contribution is 6.35. The van der Waals surface area contributed by atoms with Gasteiger partial charge in [0.2, 0.25) is 11.8 Å². The molecular weight excluding hydrogens is 435 g/mol. The summed E-state index contributed by atoms with van der Waals surface area (Å²) < 4.78 is 11.6. The van der Waals surface area contributed by atoms with Gasteiger partial charge in [-0.05, 0) is 36.2 Å². The van der Waals surface area contributed by atoms with Gasteiger partial charge in [-0.2, -0.15) is 5.26 Å². The van der Waals surface area contributed by atoms with Gasteiger partial charge in [0, 0.05) is 26.9 Å². The van der Waals surface area contributed by atoms with Gasteiger partial charge >= 0.3 is 0 Å². The molecular formula is C23H20Cl2N4O2. The van der Waals surface area contributed by atoms with Gasteiger partial charge in [0.1, 0.15) is 24.0 Å². The highest BCUT2D eigenvalue weighted by Crippen LogP contribution is 2.43. The summed E-state index contributed by atoms with van der Waals surface area (Å²) in [5, 5.41) is 18.2. The van der Waals surface area contributed by atoms with Crippen molar-refractivity contribution in [2.45, 2.75) is 32.3 Å². The molecule has 4 rings (SSSR count). The third-order valence-electron chi connectivity index (χ3n) is 5.15. The lowest BCUT2D eigenvalue weighted by Crippen LogP contribution is -2.21. The number of benzene rings is 2. The fourth-order valence-corrected chi connectivity index (χ4v) is 4.20. The van der Waals surface area contributed by atoms with Crippen LogP contribution in [0.1, 0.15) is 41.6 Å². The second-order valence-electron chi connectivity index (χ2n) is 7.16. The normalized spacial score (nSPS) is 15.2. The number of aromatic amines is 1. The number of rotatable bonds is 6. The van der Waals surface area contributed by atoms with Crippen molar-refractivity contribution in [1.82, 2.24) is 10.2 Å². The second-order valence-corrected chi connectivity index (χ2v) is 7.97. The largest absolute Gasteiger partial charge is 0.489 e. The van der Waals surface area contributed by atoms with Crippen molar-refractivity contribution < 1.29 is 9.47 Å². The topological polar surface area (TPSA) is 97.0 Å². The predicted molar refractivity (Wildman–Crippen MR) is 119 cm³/mol. The predicted octanol–water partition coefficient (Wildman–Crippen LogP) is 5.47. The minimum Gasteiger partial charge on any atom is -0.489 e. The van der Waals surface area contributed by atoms with Crippen LogP contribution in [0, 0.1) is 11.3 Å². The smallest absolute Gasteiger partial charge is 0.244 e. The first-order valence-corrected chi connectivity index (χ1v) is 10.6. The summed E-state index contributed by atoms with van der Waals surface area (Å²) >= 11 is 12.5. The monoisotopic (exact) mass is 454 g/mol. The molecule has 8 heteroatoms. The molecule has 1 atom stereocenters. The number of allylic oxidation sites excluding steroid dienone is 1. The van der Waals surface area contributed by atoms with Crippen LogP contribution in [0.2, 0.25) is 10.0 Å². The maximum absolute atomic E-state index is 9.80. The Morgan fingerprint density at radius 1 is 1.23 bits per heavy atom. The van der Waals surface area contributed by atoms with E-state index in [1.54, 1.807) is 18.2 Å². The Balaban J connectivity index is 1.70. The van der Waals surface area contributed by atoms with E-state index in [1.165, 1.54) is 0 Å². The zero-order chi connectivity index (χ0) is 22.0. The van der Waals surface area contributed by atoms with Crippen LogP contribution < -0.4 is 15.2 Å². The Bertz CT molecular complexity index is 1180. The average molecular weight is 455 g/mol. The standard InChI is InChI=1S/C23H20Cl2N4O2/c1-2-5-19-21-20(15(11-26)22(27)31-23(21)29-28-19)13-6-3-7-14(10-13)30-12-16-17(24)8-4-9-18(16)25/h3-4,6-10,20H,2,5,12,27H2,1H3,(H,28,29)/t20-/m1/s1. The van der Waals surface area contributed by atoms with E-state index in [0.717, 1.165) is 29.7 Å². The molecule has 158 valence electrons. The van der Waals surface area contributed by atoms with E-state index in [2.05, 4.69) is 23.2 Å². The van der Waals surface area contributed by atoms with E-state index in [-0.39, 0.29) is 12.5 Å². The van der Waals surface area contributed by atoms with Crippen LogP contribution in [0.15, 0.2) is 53.9 Å². The van der Waals surface area contributed by atoms with E-state index >= 15 is 0 Å². The number of hydrogen-bond acceptors (Lipinski definition) is 5. The maximum atomic E-state index is 9.80. The Hall–Kier alpha value is -3.14. The molecule has 2 heterocycles. The molecule has 3 aromatic rings. The van der Waals surface area contributed by atoms with Crippen LogP contribution in [0.3, 0.4) is 0 Å². The molecule has 3 N–H and O–H groups in total. The summed E-state index contributed by atoms with van der Waals surface area (Å²) in [6.07, 6.45) is 1.70. The summed E-state index contributed by atoms with van der Waals surface area (Å²) in [5.41, 5.74) is 9.71. The van der Waals surface area contributed by atoms with Crippen LogP contribution in [-0.2, 0) is 13.0 Å². The molecule has 1 aliphatic rings. The summed E-state index contributed by atoms with van der Waals surface area (Å²) in [6.45, 7) is 2.30. The Morgan fingerprint density at radius 2 is 1.97 bits per heavy atom. The highest BCUT2D eigenvalue weighted by Gasteiger charge is 2.35. The van der Waals surface area contributed by atoms with Gasteiger partial charge in [0.05, 0.1) is 5.92 Å². The van der Waals surface area contributed by atoms with Crippen molar-refractivity contribution in [2.75, 3.05) is 0 Å². The van der Waals surface area contributed by atoms with Crippen molar-refractivity contribution in [3.8, 4) is 17.7 Å². The molecule has 0 saturated heterocycles. The Kier molecular flexibility index (Phi) is 6.08. The number of hydrogen-bond donors (Lipinski definition) is 2. The number of halogens is 2. The Labute approximate surface area is 190 Å². The molecule has 6 nitrogen and oxygen atoms in total. The van der Waals surface area contributed by atoms with Crippen LogP contribution in [-0.4, -0.2) is 10.2 Å². The number of nitriles is 1. The summed E-state index contributed by atoms with van der Waals surface area (Å²) in [4.78, 5) is 0. The molecule has 0 saturated carbocycles. The van der Waals surface area contributed by atoms with Gasteiger partial charge < -0.3 is 15.2 Å². The van der Waals surface area contributed by atoms with Gasteiger partial charge in [0.15, 0.2) is 0 Å². The van der Waals surface area contributed by atoms with Crippen molar-refractivity contribution in [3.05, 3.63) is 86.4 Å². The number of nitrogens with zero attached hydrogens (tertiary/aromatic N) is 2. The van der Waals surface area contributed by atoms with Gasteiger partial charge in [0.25, 0.3) is 0 Å². The Morgan fingerprint density at radius 3 is 2.68 bits per heavy atom. The van der Waals surface area contributed by atoms with Crippen molar-refractivity contribution in [3.63, 3.8) is 0 Å². The number of aromatic nitrogens is 2. The number of nitrogens with two attached hydrogens (primary N) is 1. The average Bonchev–Trinajstić information content (AvgIpc) is 3.15. The molecule has 31 heavy (non-hydrogen) atoms. The molecule has 0 spiro atoms. The molecule has 1 aromatic heterocycles. The number of ether oxygens (including phenoxy) is 2. The zero-order valence-electron chi connectivity index (χ0n) is 16.8. The highest BCUT2D eigenvalue weighted by atomic mass is 35.5. The quantitative estimate of drug-likeness (QED) is 0.514. The number of aryl methyl sites for hydroxylation is 1. The minimum atomic E-state index is -0.401. The third-order valence-corrected chi connectivity index (χ3v) is 5.86. The van der Waals surface area contributed by atoms with E-state index in [4.69, 9.17) is 38.4 Å². The molecule has 2 aromatic carbocycles. The molecule has 0 radical (unpaired) electrons. The molecule has 0 unspecified atom stereocenters. The van der Waals surface area contributed by atoms with E-state index in [0.29, 0.717) is 32.8 Å². The fourth-order valence-electron chi connectivity index (χ4n) is 3.69. The molecule has 0 bridgehead atoms. The zero-order valence-corrected chi connectivity index (χ0v) is 18.3. The molecule has 0 fully saturated rings. The summed E-state index contributed by atoms with van der Waals surface area (Å²) in [6, 6.07) is 15.1. The maximum Gasteiger partial charge on any atom is 0.244 e. The number of fused-ring (bicyclic) bond motifs is 1. The SMILES string of the molecule is CCCc1[nH]nc2c1[C@H](c1cccc(OCc3c(Cl)cccc3Cl)c1)C(C#N)=C(N)O2. The number of H-pyrrole nitrogens is 1. The van der Waals surface area contributed by atoms with E-state index in [9.17, 15) is 5.26 Å². The van der Waals surface area contributed by atoms with Crippen LogP contribution in [0.5, 0.6) is 11.6 Å². The first-order chi connectivity index (χ1) is 15.0. The van der Waals surface area contributed by atoms with Crippen molar-refractivity contribution in [1.29, 1.82) is 5.26 Å². The summed E-state index contributed by atoms with van der Waals surface area (Å²) in [5.74, 6) is 0.683. The van der Waals surface area contributed by atoms with Gasteiger partial charge in [-0.25, -0.2) is 0 Å². The summed E-state index contributed by atoms with van der Waals surface area (Å²) in [7, 11) is 0. The van der Waals surface area contributed by atoms with Crippen molar-refractivity contribution >= 4 is 23.2 Å². The molecule has 1 aliphatic heterocycles. The van der Waals surface area contributed by atoms with Gasteiger partial charge in [-0.1, -0.05) is 54.7 Å². The third kappa shape index (κ3) is 4.07. The van der Waals surface area contributed by atoms with Crippen LogP contribution >= 0.6 is 23.2 Å². The van der Waals surface area contributed by atoms with Gasteiger partial charge in [-0.3, -0.25) is 5.10 Å². The van der Waals surface area contributed by atoms with Crippen molar-refractivity contribution in [2.24, 2.45) is 5.73 Å². The lowest BCUT2D eigenvalue weighted by Gasteiger charge is -2.24. The lowest BCUT2D eigenvalue weighted by atomic mass is 9.83. The second kappa shape index (κ2) is 8.93. The first kappa shape index (κ1) is 21.1. The van der Waals surface area contributed by atoms with Crippen LogP contribution in [0.25, 0.3) is 0 Å². The molecule has 0 aliphatic carbocycles. The first-order valence-electron chi connectivity index (χ1n) is 9.83.